The van der Waals surface area contributed by atoms with Gasteiger partial charge in [0, 0.05) is 0 Å². The lowest BCUT2D eigenvalue weighted by atomic mass is 10.2. The van der Waals surface area contributed by atoms with Crippen molar-refractivity contribution in [2.45, 2.75) is 0 Å². The first-order valence-electron chi connectivity index (χ1n) is 6.47. The monoisotopic (exact) mass is 267 g/mol. The van der Waals surface area contributed by atoms with Crippen LogP contribution >= 0.6 is 0 Å². The molecule has 0 aliphatic heterocycles. The molecule has 3 nitrogen and oxygen atoms in total. The summed E-state index contributed by atoms with van der Waals surface area (Å²) in [5.41, 5.74) is 2.20. The third kappa shape index (κ3) is 3.13. The molecule has 0 N–H and O–H groups in total. The van der Waals surface area contributed by atoms with Gasteiger partial charge in [-0.15, -0.1) is 0 Å². The van der Waals surface area contributed by atoms with Crippen LogP contribution < -0.4 is 9.59 Å². The highest BCUT2D eigenvalue weighted by atomic mass is 16.4. The molecule has 20 heavy (non-hydrogen) atoms. The zero-order valence-corrected chi connectivity index (χ0v) is 11.4. The summed E-state index contributed by atoms with van der Waals surface area (Å²) in [6.07, 6.45) is 2.72. The summed E-state index contributed by atoms with van der Waals surface area (Å²) in [5, 5.41) is 10.6. The maximum absolute atomic E-state index is 10.6. The second kappa shape index (κ2) is 6.17. The first kappa shape index (κ1) is 14.0. The molecule has 0 saturated heterocycles. The zero-order valence-electron chi connectivity index (χ0n) is 11.4. The maximum atomic E-state index is 10.6. The van der Waals surface area contributed by atoms with Crippen molar-refractivity contribution in [2.24, 2.45) is 0 Å². The molecule has 0 radical (unpaired) electrons. The number of benzene rings is 2. The van der Waals surface area contributed by atoms with Crippen molar-refractivity contribution in [1.29, 1.82) is 0 Å². The number of rotatable bonds is 5. The van der Waals surface area contributed by atoms with Gasteiger partial charge in [0.25, 0.3) is 0 Å². The number of carboxylic acids is 1. The summed E-state index contributed by atoms with van der Waals surface area (Å²) in [7, 11) is 2.06. The summed E-state index contributed by atoms with van der Waals surface area (Å²) in [6, 6.07) is 20.0. The predicted molar refractivity (Wildman–Crippen MR) is 79.3 cm³/mol. The van der Waals surface area contributed by atoms with Crippen molar-refractivity contribution in [2.75, 3.05) is 13.6 Å². The van der Waals surface area contributed by atoms with Gasteiger partial charge in [0.1, 0.15) is 17.9 Å². The first-order chi connectivity index (χ1) is 9.63. The predicted octanol–water partition coefficient (Wildman–Crippen LogP) is 2.26. The van der Waals surface area contributed by atoms with Gasteiger partial charge in [0.2, 0.25) is 0 Å². The standard InChI is InChI=1S/C17H17NO2/c1-18(14-8-13-17(19)20,15-9-4-2-5-10-15)16-11-6-3-7-12-16/h2-13H,14H2,1H3. The molecular weight excluding hydrogens is 250 g/mol. The highest BCUT2D eigenvalue weighted by Gasteiger charge is 2.26. The van der Waals surface area contributed by atoms with Crippen LogP contribution in [-0.2, 0) is 4.79 Å². The number of carbonyl (C=O) groups excluding carboxylic acids is 1. The average molecular weight is 267 g/mol. The number of nitrogens with zero attached hydrogens (tertiary/aromatic N) is 1. The smallest absolute Gasteiger partial charge is 0.137 e. The minimum absolute atomic E-state index is 0.505. The van der Waals surface area contributed by atoms with Crippen LogP contribution in [0.2, 0.25) is 0 Å². The lowest BCUT2D eigenvalue weighted by Gasteiger charge is -2.32. The molecule has 0 bridgehead atoms. The number of quaternary nitrogens is 1. The van der Waals surface area contributed by atoms with Crippen LogP contribution in [0.5, 0.6) is 0 Å². The zero-order chi connectivity index (χ0) is 14.4. The van der Waals surface area contributed by atoms with Gasteiger partial charge in [-0.3, -0.25) is 4.48 Å². The molecular formula is C17H17NO2. The molecule has 0 aliphatic rings. The third-order valence-electron chi connectivity index (χ3n) is 3.38. The van der Waals surface area contributed by atoms with E-state index in [9.17, 15) is 9.90 Å². The second-order valence-corrected chi connectivity index (χ2v) is 4.77. The lowest BCUT2D eigenvalue weighted by Crippen LogP contribution is -2.39. The summed E-state index contributed by atoms with van der Waals surface area (Å²) in [5.74, 6) is -1.17. The van der Waals surface area contributed by atoms with Crippen molar-refractivity contribution in [3.63, 3.8) is 0 Å². The Morgan fingerprint density at radius 3 is 1.85 bits per heavy atom. The molecule has 0 heterocycles. The van der Waals surface area contributed by atoms with E-state index in [0.29, 0.717) is 11.0 Å². The Hall–Kier alpha value is -2.39. The minimum atomic E-state index is -1.17. The number of aliphatic carboxylic acids is 1. The number of hydrogen-bond donors (Lipinski definition) is 0. The van der Waals surface area contributed by atoms with Gasteiger partial charge in [0.05, 0.1) is 13.0 Å². The Balaban J connectivity index is 2.41. The van der Waals surface area contributed by atoms with E-state index in [1.54, 1.807) is 6.08 Å². The normalized spacial score (nSPS) is 11.7. The van der Waals surface area contributed by atoms with E-state index in [1.165, 1.54) is 0 Å². The molecule has 2 aromatic rings. The molecule has 102 valence electrons. The van der Waals surface area contributed by atoms with Crippen LogP contribution in [-0.4, -0.2) is 19.6 Å². The van der Waals surface area contributed by atoms with E-state index < -0.39 is 5.97 Å². The first-order valence-corrected chi connectivity index (χ1v) is 6.47. The maximum Gasteiger partial charge on any atom is 0.137 e. The van der Waals surface area contributed by atoms with Gasteiger partial charge < -0.3 is 9.90 Å². The molecule has 0 atom stereocenters. The van der Waals surface area contributed by atoms with E-state index in [0.717, 1.165) is 17.5 Å². The molecule has 0 spiro atoms. The van der Waals surface area contributed by atoms with Crippen molar-refractivity contribution in [3.05, 3.63) is 72.8 Å². The number of likely N-dealkylation sites (N-methyl/N-ethyl adjacent to an activating group) is 1. The summed E-state index contributed by atoms with van der Waals surface area (Å²) >= 11 is 0. The Kier molecular flexibility index (Phi) is 4.33. The van der Waals surface area contributed by atoms with Crippen molar-refractivity contribution < 1.29 is 9.90 Å². The highest BCUT2D eigenvalue weighted by molar-refractivity contribution is 5.77. The van der Waals surface area contributed by atoms with Gasteiger partial charge in [-0.2, -0.15) is 0 Å². The Bertz CT molecular complexity index is 551. The third-order valence-corrected chi connectivity index (χ3v) is 3.38. The van der Waals surface area contributed by atoms with E-state index in [-0.39, 0.29) is 0 Å². The number of carboxylic acid groups (broad SMARTS) is 1. The SMILES string of the molecule is C[N+](CC=CC(=O)[O-])(c1ccccc1)c1ccccc1. The molecule has 0 aliphatic carbocycles. The van der Waals surface area contributed by atoms with Crippen molar-refractivity contribution in [1.82, 2.24) is 4.48 Å². The molecule has 2 aromatic carbocycles. The van der Waals surface area contributed by atoms with E-state index in [2.05, 4.69) is 7.05 Å². The van der Waals surface area contributed by atoms with E-state index in [4.69, 9.17) is 0 Å². The van der Waals surface area contributed by atoms with Crippen molar-refractivity contribution in [3.8, 4) is 0 Å². The van der Waals surface area contributed by atoms with Crippen LogP contribution in [0.25, 0.3) is 0 Å². The fraction of sp³-hybridized carbons (Fsp3) is 0.118. The quantitative estimate of drug-likeness (QED) is 0.616. The molecule has 2 rings (SSSR count). The Labute approximate surface area is 119 Å². The topological polar surface area (TPSA) is 40.1 Å². The minimum Gasteiger partial charge on any atom is -0.545 e. The second-order valence-electron chi connectivity index (χ2n) is 4.77. The molecule has 0 unspecified atom stereocenters. The summed E-state index contributed by atoms with van der Waals surface area (Å²) < 4.78 is 0.505. The van der Waals surface area contributed by atoms with Crippen LogP contribution in [0, 0.1) is 0 Å². The van der Waals surface area contributed by atoms with Gasteiger partial charge in [-0.1, -0.05) is 36.4 Å². The van der Waals surface area contributed by atoms with Gasteiger partial charge in [0.15, 0.2) is 0 Å². The Morgan fingerprint density at radius 2 is 1.45 bits per heavy atom. The number of carbonyl (C=O) groups is 1. The van der Waals surface area contributed by atoms with Crippen LogP contribution in [0.1, 0.15) is 0 Å². The summed E-state index contributed by atoms with van der Waals surface area (Å²) in [6.45, 7) is 0.544. The number of hydrogen-bond acceptors (Lipinski definition) is 2. The average Bonchev–Trinajstić information content (AvgIpc) is 2.48. The molecule has 0 aromatic heterocycles. The molecule has 0 fully saturated rings. The van der Waals surface area contributed by atoms with E-state index in [1.807, 2.05) is 60.7 Å². The van der Waals surface area contributed by atoms with Crippen LogP contribution in [0.15, 0.2) is 72.8 Å². The highest BCUT2D eigenvalue weighted by Crippen LogP contribution is 2.31. The van der Waals surface area contributed by atoms with Crippen molar-refractivity contribution >= 4 is 17.3 Å². The van der Waals surface area contributed by atoms with Gasteiger partial charge in [-0.05, 0) is 36.4 Å². The lowest BCUT2D eigenvalue weighted by molar-refractivity contribution is -0.297. The molecule has 3 heteroatoms. The van der Waals surface area contributed by atoms with Gasteiger partial charge in [-0.25, -0.2) is 0 Å². The Morgan fingerprint density at radius 1 is 1.00 bits per heavy atom. The van der Waals surface area contributed by atoms with Crippen LogP contribution in [0.4, 0.5) is 11.4 Å². The van der Waals surface area contributed by atoms with Gasteiger partial charge >= 0.3 is 0 Å². The summed E-state index contributed by atoms with van der Waals surface area (Å²) in [4.78, 5) is 10.6. The largest absolute Gasteiger partial charge is 0.545 e. The number of para-hydroxylation sites is 2. The van der Waals surface area contributed by atoms with E-state index >= 15 is 0 Å². The fourth-order valence-corrected chi connectivity index (χ4v) is 2.23. The molecule has 0 amide bonds. The fourth-order valence-electron chi connectivity index (χ4n) is 2.23. The molecule has 0 saturated carbocycles. The van der Waals surface area contributed by atoms with Crippen LogP contribution in [0.3, 0.4) is 0 Å².